The van der Waals surface area contributed by atoms with E-state index in [0.29, 0.717) is 0 Å². The Balaban J connectivity index is 0.825. The molecular weight excluding hydrogens is 1040 g/mol. The maximum absolute atomic E-state index is 5.70. The zero-order valence-corrected chi connectivity index (χ0v) is 46.9. The Labute approximate surface area is 498 Å². The molecule has 6 nitrogen and oxygen atoms in total. The van der Waals surface area contributed by atoms with Crippen molar-refractivity contribution in [1.29, 1.82) is 0 Å². The predicted molar refractivity (Wildman–Crippen MR) is 359 cm³/mol. The summed E-state index contributed by atoms with van der Waals surface area (Å²) >= 11 is 0. The van der Waals surface area contributed by atoms with E-state index in [2.05, 4.69) is 347 Å². The Kier molecular flexibility index (Phi) is 12.4. The molecule has 6 heteroatoms. The molecule has 3 heterocycles. The van der Waals surface area contributed by atoms with Gasteiger partial charge in [-0.05, 0) is 144 Å². The van der Waals surface area contributed by atoms with Crippen LogP contribution < -0.4 is 9.80 Å². The normalized spacial score (nSPS) is 11.5. The summed E-state index contributed by atoms with van der Waals surface area (Å²) in [4.78, 5) is 16.0. The van der Waals surface area contributed by atoms with Crippen molar-refractivity contribution in [1.82, 2.24) is 19.1 Å². The highest BCUT2D eigenvalue weighted by atomic mass is 15.1. The zero-order chi connectivity index (χ0) is 56.9. The number of aromatic nitrogens is 4. The van der Waals surface area contributed by atoms with Crippen molar-refractivity contribution in [2.24, 2.45) is 0 Å². The van der Waals surface area contributed by atoms with Crippen LogP contribution in [0.3, 0.4) is 0 Å². The van der Waals surface area contributed by atoms with Gasteiger partial charge in [0, 0.05) is 83.7 Å². The first-order valence-corrected chi connectivity index (χ1v) is 29.2. The van der Waals surface area contributed by atoms with E-state index in [1.807, 2.05) is 0 Å². The molecule has 0 bridgehead atoms. The summed E-state index contributed by atoms with van der Waals surface area (Å²) in [7, 11) is 0. The maximum Gasteiger partial charge on any atom is 0.0973 e. The van der Waals surface area contributed by atoms with Crippen LogP contribution in [-0.4, -0.2) is 19.1 Å². The van der Waals surface area contributed by atoms with Gasteiger partial charge in [-0.25, -0.2) is 9.97 Å². The minimum absolute atomic E-state index is 0.798. The molecule has 3 aromatic heterocycles. The molecule has 0 amide bonds. The van der Waals surface area contributed by atoms with Crippen molar-refractivity contribution >= 4 is 88.8 Å². The molecule has 0 saturated heterocycles. The third-order valence-electron chi connectivity index (χ3n) is 16.7. The molecule has 86 heavy (non-hydrogen) atoms. The van der Waals surface area contributed by atoms with Crippen molar-refractivity contribution < 1.29 is 0 Å². The number of hydrogen-bond donors (Lipinski definition) is 0. The Morgan fingerprint density at radius 3 is 1.08 bits per heavy atom. The molecule has 0 aliphatic heterocycles. The van der Waals surface area contributed by atoms with Crippen LogP contribution in [0, 0.1) is 0 Å². The number of para-hydroxylation sites is 7. The lowest BCUT2D eigenvalue weighted by Gasteiger charge is -2.26. The quantitative estimate of drug-likeness (QED) is 0.122. The zero-order valence-electron chi connectivity index (χ0n) is 46.9. The monoisotopic (exact) mass is 1100 g/mol. The standard InChI is InChI=1S/C80H54N6/c1-6-21-55(22-7-1)56-37-39-57(40-38-56)68-33-20-34-73-80(68)82-79(59-43-47-65(48-44-59)84(61-25-10-3-11-26-61)67-50-52-77-72(54-67)70-32-17-19-36-75(70)86(77)63-29-14-5-15-30-63)78(81-73)58-41-45-64(46-42-58)83(60-23-8-2-9-24-60)66-49-51-76-71(53-66)69-31-16-18-35-74(69)85(76)62-27-12-4-13-28-62/h1-54H. The molecule has 16 rings (SSSR count). The largest absolute Gasteiger partial charge is 0.310 e. The molecular formula is C80H54N6. The summed E-state index contributed by atoms with van der Waals surface area (Å²) in [5.41, 5.74) is 22.8. The van der Waals surface area contributed by atoms with Gasteiger partial charge in [-0.15, -0.1) is 0 Å². The minimum Gasteiger partial charge on any atom is -0.310 e. The van der Waals surface area contributed by atoms with E-state index in [4.69, 9.17) is 9.97 Å². The fourth-order valence-electron chi connectivity index (χ4n) is 12.7. The molecule has 0 radical (unpaired) electrons. The molecule has 0 fully saturated rings. The summed E-state index contributed by atoms with van der Waals surface area (Å²) in [6.45, 7) is 0. The van der Waals surface area contributed by atoms with Crippen LogP contribution in [0.25, 0.3) is 111 Å². The van der Waals surface area contributed by atoms with E-state index in [0.717, 1.165) is 107 Å². The Morgan fingerprint density at radius 2 is 0.593 bits per heavy atom. The molecule has 0 atom stereocenters. The summed E-state index contributed by atoms with van der Waals surface area (Å²) in [5, 5.41) is 4.79. The van der Waals surface area contributed by atoms with E-state index < -0.39 is 0 Å². The van der Waals surface area contributed by atoms with Crippen molar-refractivity contribution in [2.75, 3.05) is 9.80 Å². The molecule has 13 aromatic carbocycles. The number of fused-ring (bicyclic) bond motifs is 7. The maximum atomic E-state index is 5.70. The average Bonchev–Trinajstić information content (AvgIpc) is 1.91. The highest BCUT2D eigenvalue weighted by Gasteiger charge is 2.22. The molecule has 0 N–H and O–H groups in total. The smallest absolute Gasteiger partial charge is 0.0973 e. The van der Waals surface area contributed by atoms with Crippen molar-refractivity contribution in [2.45, 2.75) is 0 Å². The van der Waals surface area contributed by atoms with E-state index in [1.165, 1.54) is 38.1 Å². The van der Waals surface area contributed by atoms with Gasteiger partial charge in [-0.3, -0.25) is 0 Å². The van der Waals surface area contributed by atoms with Gasteiger partial charge in [-0.1, -0.05) is 200 Å². The van der Waals surface area contributed by atoms with Gasteiger partial charge in [0.15, 0.2) is 0 Å². The van der Waals surface area contributed by atoms with Crippen LogP contribution in [0.5, 0.6) is 0 Å². The van der Waals surface area contributed by atoms with E-state index in [1.54, 1.807) is 0 Å². The van der Waals surface area contributed by atoms with Gasteiger partial charge in [0.2, 0.25) is 0 Å². The van der Waals surface area contributed by atoms with Gasteiger partial charge < -0.3 is 18.9 Å². The first-order chi connectivity index (χ1) is 42.7. The van der Waals surface area contributed by atoms with E-state index in [9.17, 15) is 0 Å². The molecule has 404 valence electrons. The highest BCUT2D eigenvalue weighted by molar-refractivity contribution is 6.12. The summed E-state index contributed by atoms with van der Waals surface area (Å²) in [6.07, 6.45) is 0. The lowest BCUT2D eigenvalue weighted by Crippen LogP contribution is -2.10. The second kappa shape index (κ2) is 21.3. The lowest BCUT2D eigenvalue weighted by atomic mass is 9.98. The molecule has 0 spiro atoms. The number of anilines is 6. The van der Waals surface area contributed by atoms with Crippen molar-refractivity contribution in [3.05, 3.63) is 328 Å². The van der Waals surface area contributed by atoms with Crippen LogP contribution in [0.15, 0.2) is 328 Å². The van der Waals surface area contributed by atoms with Crippen LogP contribution in [0.2, 0.25) is 0 Å². The van der Waals surface area contributed by atoms with Crippen LogP contribution >= 0.6 is 0 Å². The minimum atomic E-state index is 0.798. The average molecular weight is 1100 g/mol. The van der Waals surface area contributed by atoms with Gasteiger partial charge >= 0.3 is 0 Å². The molecule has 0 saturated carbocycles. The highest BCUT2D eigenvalue weighted by Crippen LogP contribution is 2.44. The fourth-order valence-corrected chi connectivity index (χ4v) is 12.7. The fraction of sp³-hybridized carbons (Fsp3) is 0. The Hall–Kier alpha value is -11.6. The molecule has 0 aliphatic carbocycles. The molecule has 0 aliphatic rings. The molecule has 16 aromatic rings. The Morgan fingerprint density at radius 1 is 0.233 bits per heavy atom. The number of rotatable bonds is 12. The van der Waals surface area contributed by atoms with Crippen LogP contribution in [0.4, 0.5) is 34.1 Å². The van der Waals surface area contributed by atoms with Gasteiger partial charge in [0.25, 0.3) is 0 Å². The lowest BCUT2D eigenvalue weighted by molar-refractivity contribution is 1.18. The van der Waals surface area contributed by atoms with Crippen molar-refractivity contribution in [3.8, 4) is 56.1 Å². The van der Waals surface area contributed by atoms with E-state index in [-0.39, 0.29) is 0 Å². The Bertz CT molecular complexity index is 5120. The number of hydrogen-bond acceptors (Lipinski definition) is 4. The summed E-state index contributed by atoms with van der Waals surface area (Å²) < 4.78 is 4.73. The first kappa shape index (κ1) is 50.2. The van der Waals surface area contributed by atoms with Gasteiger partial charge in [0.05, 0.1) is 44.5 Å². The molecule has 0 unspecified atom stereocenters. The SMILES string of the molecule is c1ccc(-c2ccc(-c3cccc4nc(-c5ccc(N(c6ccccc6)c6ccc7c(c6)c6ccccc6n7-c6ccccc6)cc5)c(-c5ccc(N(c6ccccc6)c6ccc7c(c6)c6ccccc6n7-c6ccccc6)cc5)nc34)cc2)cc1. The second-order valence-electron chi connectivity index (χ2n) is 21.8. The summed E-state index contributed by atoms with van der Waals surface area (Å²) in [5.74, 6) is 0. The summed E-state index contributed by atoms with van der Waals surface area (Å²) in [6, 6.07) is 117. The van der Waals surface area contributed by atoms with Crippen LogP contribution in [0.1, 0.15) is 0 Å². The predicted octanol–water partition coefficient (Wildman–Crippen LogP) is 21.4. The van der Waals surface area contributed by atoms with Gasteiger partial charge in [-0.2, -0.15) is 0 Å². The first-order valence-electron chi connectivity index (χ1n) is 29.2. The third kappa shape index (κ3) is 8.83. The number of nitrogens with zero attached hydrogens (tertiary/aromatic N) is 6. The van der Waals surface area contributed by atoms with Crippen molar-refractivity contribution in [3.63, 3.8) is 0 Å². The topological polar surface area (TPSA) is 42.1 Å². The second-order valence-corrected chi connectivity index (χ2v) is 21.8. The number of benzene rings is 13. The third-order valence-corrected chi connectivity index (χ3v) is 16.7. The van der Waals surface area contributed by atoms with E-state index >= 15 is 0 Å². The van der Waals surface area contributed by atoms with Gasteiger partial charge in [0.1, 0.15) is 0 Å². The van der Waals surface area contributed by atoms with Crippen LogP contribution in [-0.2, 0) is 0 Å².